The summed E-state index contributed by atoms with van der Waals surface area (Å²) in [6, 6.07) is 4.81. The Balaban J connectivity index is 1.81. The molecule has 0 heterocycles. The summed E-state index contributed by atoms with van der Waals surface area (Å²) in [6.45, 7) is 0.842. The van der Waals surface area contributed by atoms with E-state index in [1.807, 2.05) is 0 Å². The second-order valence-electron chi connectivity index (χ2n) is 5.07. The molecule has 1 aliphatic carbocycles. The summed E-state index contributed by atoms with van der Waals surface area (Å²) >= 11 is 0. The van der Waals surface area contributed by atoms with E-state index in [0.29, 0.717) is 11.4 Å². The highest BCUT2D eigenvalue weighted by atomic mass is 19.1. The van der Waals surface area contributed by atoms with Crippen LogP contribution in [-0.2, 0) is 0 Å². The molecule has 2 nitrogen and oxygen atoms in total. The maximum atomic E-state index is 13.6. The third kappa shape index (κ3) is 3.62. The molecule has 1 N–H and O–H groups in total. The van der Waals surface area contributed by atoms with Gasteiger partial charge in [-0.15, -0.1) is 0 Å². The molecule has 0 radical (unpaired) electrons. The van der Waals surface area contributed by atoms with Gasteiger partial charge in [0.1, 0.15) is 11.6 Å². The van der Waals surface area contributed by atoms with Gasteiger partial charge >= 0.3 is 0 Å². The van der Waals surface area contributed by atoms with Crippen molar-refractivity contribution >= 4 is 5.69 Å². The van der Waals surface area contributed by atoms with Gasteiger partial charge < -0.3 is 10.1 Å². The number of benzene rings is 1. The van der Waals surface area contributed by atoms with Crippen LogP contribution < -0.4 is 10.1 Å². The minimum Gasteiger partial charge on any atom is -0.497 e. The van der Waals surface area contributed by atoms with Crippen LogP contribution in [0.1, 0.15) is 38.5 Å². The van der Waals surface area contributed by atoms with E-state index in [1.165, 1.54) is 38.2 Å². The maximum absolute atomic E-state index is 13.6. The minimum absolute atomic E-state index is 0.209. The maximum Gasteiger partial charge on any atom is 0.146 e. The smallest absolute Gasteiger partial charge is 0.146 e. The van der Waals surface area contributed by atoms with Gasteiger partial charge in [0, 0.05) is 12.6 Å². The second-order valence-corrected chi connectivity index (χ2v) is 5.07. The molecule has 0 aromatic heterocycles. The zero-order chi connectivity index (χ0) is 12.8. The predicted octanol–water partition coefficient (Wildman–Crippen LogP) is 4.22. The molecule has 100 valence electrons. The van der Waals surface area contributed by atoms with Crippen LogP contribution in [0.3, 0.4) is 0 Å². The summed E-state index contributed by atoms with van der Waals surface area (Å²) in [7, 11) is 1.60. The van der Waals surface area contributed by atoms with E-state index in [4.69, 9.17) is 4.74 Å². The van der Waals surface area contributed by atoms with Crippen LogP contribution in [0.4, 0.5) is 10.1 Å². The highest BCUT2D eigenvalue weighted by Crippen LogP contribution is 2.27. The third-order valence-electron chi connectivity index (χ3n) is 3.77. The predicted molar refractivity (Wildman–Crippen MR) is 72.6 cm³/mol. The Labute approximate surface area is 109 Å². The van der Waals surface area contributed by atoms with Crippen molar-refractivity contribution in [3.8, 4) is 5.75 Å². The fourth-order valence-corrected chi connectivity index (χ4v) is 2.65. The number of anilines is 1. The number of hydrogen-bond acceptors (Lipinski definition) is 2. The van der Waals surface area contributed by atoms with E-state index < -0.39 is 0 Å². The standard InChI is InChI=1S/C15H22FNO/c1-18-13-7-8-14(16)15(11-13)17-10-9-12-5-3-2-4-6-12/h7-8,11-12,17H,2-6,9-10H2,1H3. The number of rotatable bonds is 5. The molecule has 1 aromatic carbocycles. The summed E-state index contributed by atoms with van der Waals surface area (Å²) in [5.41, 5.74) is 0.546. The van der Waals surface area contributed by atoms with Crippen molar-refractivity contribution in [1.29, 1.82) is 0 Å². The Morgan fingerprint density at radius 3 is 2.78 bits per heavy atom. The van der Waals surface area contributed by atoms with Gasteiger partial charge in [0.25, 0.3) is 0 Å². The van der Waals surface area contributed by atoms with Crippen LogP contribution in [0.5, 0.6) is 5.75 Å². The number of ether oxygens (including phenoxy) is 1. The SMILES string of the molecule is COc1ccc(F)c(NCCC2CCCCC2)c1. The van der Waals surface area contributed by atoms with Crippen LogP contribution >= 0.6 is 0 Å². The molecular formula is C15H22FNO. The van der Waals surface area contributed by atoms with E-state index in [9.17, 15) is 4.39 Å². The van der Waals surface area contributed by atoms with Crippen molar-refractivity contribution in [2.24, 2.45) is 5.92 Å². The summed E-state index contributed by atoms with van der Waals surface area (Å²) in [4.78, 5) is 0. The Kier molecular flexibility index (Phi) is 4.85. The topological polar surface area (TPSA) is 21.3 Å². The highest BCUT2D eigenvalue weighted by molar-refractivity contribution is 5.49. The third-order valence-corrected chi connectivity index (χ3v) is 3.77. The van der Waals surface area contributed by atoms with Crippen molar-refractivity contribution < 1.29 is 9.13 Å². The van der Waals surface area contributed by atoms with Crippen molar-refractivity contribution in [3.05, 3.63) is 24.0 Å². The molecule has 0 unspecified atom stereocenters. The molecule has 0 saturated heterocycles. The Morgan fingerprint density at radius 2 is 2.06 bits per heavy atom. The van der Waals surface area contributed by atoms with Gasteiger partial charge in [0.05, 0.1) is 12.8 Å². The van der Waals surface area contributed by atoms with Crippen LogP contribution in [0.25, 0.3) is 0 Å². The fraction of sp³-hybridized carbons (Fsp3) is 0.600. The van der Waals surface area contributed by atoms with Gasteiger partial charge in [0.15, 0.2) is 0 Å². The quantitative estimate of drug-likeness (QED) is 0.846. The lowest BCUT2D eigenvalue weighted by molar-refractivity contribution is 0.345. The van der Waals surface area contributed by atoms with Gasteiger partial charge in [-0.3, -0.25) is 0 Å². The minimum atomic E-state index is -0.209. The average molecular weight is 251 g/mol. The molecule has 1 aliphatic rings. The molecule has 2 rings (SSSR count). The van der Waals surface area contributed by atoms with Crippen LogP contribution in [0.15, 0.2) is 18.2 Å². The van der Waals surface area contributed by atoms with Gasteiger partial charge in [-0.25, -0.2) is 4.39 Å². The van der Waals surface area contributed by atoms with Crippen molar-refractivity contribution in [3.63, 3.8) is 0 Å². The zero-order valence-electron chi connectivity index (χ0n) is 11.0. The first kappa shape index (κ1) is 13.2. The fourth-order valence-electron chi connectivity index (χ4n) is 2.65. The number of halogens is 1. The Hall–Kier alpha value is -1.25. The van der Waals surface area contributed by atoms with E-state index in [2.05, 4.69) is 5.32 Å². The first-order chi connectivity index (χ1) is 8.79. The summed E-state index contributed by atoms with van der Waals surface area (Å²) < 4.78 is 18.7. The molecule has 0 bridgehead atoms. The van der Waals surface area contributed by atoms with Crippen LogP contribution in [0, 0.1) is 11.7 Å². The molecule has 0 atom stereocenters. The largest absolute Gasteiger partial charge is 0.497 e. The molecule has 1 aromatic rings. The molecule has 1 saturated carbocycles. The number of nitrogens with one attached hydrogen (secondary N) is 1. The van der Waals surface area contributed by atoms with E-state index in [1.54, 1.807) is 19.2 Å². The number of methoxy groups -OCH3 is 1. The van der Waals surface area contributed by atoms with E-state index in [0.717, 1.165) is 18.9 Å². The highest BCUT2D eigenvalue weighted by Gasteiger charge is 2.13. The molecule has 1 fully saturated rings. The number of hydrogen-bond donors (Lipinski definition) is 1. The summed E-state index contributed by atoms with van der Waals surface area (Å²) in [5.74, 6) is 1.30. The molecule has 18 heavy (non-hydrogen) atoms. The second kappa shape index (κ2) is 6.62. The van der Waals surface area contributed by atoms with Crippen LogP contribution in [0.2, 0.25) is 0 Å². The lowest BCUT2D eigenvalue weighted by atomic mass is 9.87. The zero-order valence-corrected chi connectivity index (χ0v) is 11.0. The average Bonchev–Trinajstić information content (AvgIpc) is 2.42. The lowest BCUT2D eigenvalue weighted by Gasteiger charge is -2.21. The van der Waals surface area contributed by atoms with Crippen LogP contribution in [-0.4, -0.2) is 13.7 Å². The summed E-state index contributed by atoms with van der Waals surface area (Å²) in [6.07, 6.45) is 7.91. The monoisotopic (exact) mass is 251 g/mol. The first-order valence-electron chi connectivity index (χ1n) is 6.87. The summed E-state index contributed by atoms with van der Waals surface area (Å²) in [5, 5.41) is 3.18. The first-order valence-corrected chi connectivity index (χ1v) is 6.87. The van der Waals surface area contributed by atoms with Crippen molar-refractivity contribution in [1.82, 2.24) is 0 Å². The van der Waals surface area contributed by atoms with E-state index >= 15 is 0 Å². The lowest BCUT2D eigenvalue weighted by Crippen LogP contribution is -2.12. The molecule has 0 spiro atoms. The molecular weight excluding hydrogens is 229 g/mol. The van der Waals surface area contributed by atoms with Gasteiger partial charge in [-0.1, -0.05) is 32.1 Å². The molecule has 0 amide bonds. The van der Waals surface area contributed by atoms with Gasteiger partial charge in [-0.05, 0) is 24.5 Å². The molecule has 3 heteroatoms. The normalized spacial score (nSPS) is 16.6. The van der Waals surface area contributed by atoms with Crippen molar-refractivity contribution in [2.45, 2.75) is 38.5 Å². The Morgan fingerprint density at radius 1 is 1.28 bits per heavy atom. The van der Waals surface area contributed by atoms with Crippen molar-refractivity contribution in [2.75, 3.05) is 19.0 Å². The van der Waals surface area contributed by atoms with Gasteiger partial charge in [-0.2, -0.15) is 0 Å². The van der Waals surface area contributed by atoms with E-state index in [-0.39, 0.29) is 5.82 Å². The molecule has 0 aliphatic heterocycles. The Bertz CT molecular complexity index is 375. The van der Waals surface area contributed by atoms with Gasteiger partial charge in [0.2, 0.25) is 0 Å².